The molecule has 0 bridgehead atoms. The van der Waals surface area contributed by atoms with Crippen LogP contribution in [-0.4, -0.2) is 29.3 Å². The molecule has 0 saturated carbocycles. The summed E-state index contributed by atoms with van der Waals surface area (Å²) in [6.07, 6.45) is 1.47. The lowest BCUT2D eigenvalue weighted by atomic mass is 9.89. The number of aliphatic hydroxyl groups excluding tert-OH is 1. The van der Waals surface area contributed by atoms with E-state index in [2.05, 4.69) is 5.32 Å². The van der Waals surface area contributed by atoms with Crippen LogP contribution >= 0.6 is 0 Å². The molecule has 3 N–H and O–H groups in total. The van der Waals surface area contributed by atoms with Gasteiger partial charge in [-0.15, -0.1) is 0 Å². The Bertz CT molecular complexity index is 446. The van der Waals surface area contributed by atoms with Crippen molar-refractivity contribution in [2.45, 2.75) is 26.7 Å². The Kier molecular flexibility index (Phi) is 5.30. The van der Waals surface area contributed by atoms with E-state index in [9.17, 15) is 14.3 Å². The van der Waals surface area contributed by atoms with E-state index in [-0.39, 0.29) is 23.3 Å². The van der Waals surface area contributed by atoms with Crippen molar-refractivity contribution in [1.29, 1.82) is 0 Å². The maximum absolute atomic E-state index is 13.0. The Morgan fingerprint density at radius 3 is 2.74 bits per heavy atom. The lowest BCUT2D eigenvalue weighted by Crippen LogP contribution is -2.26. The number of aliphatic hydroxyl groups is 1. The summed E-state index contributed by atoms with van der Waals surface area (Å²) < 4.78 is 13.0. The second-order valence-corrected chi connectivity index (χ2v) is 5.34. The molecule has 0 atom stereocenters. The molecule has 1 rings (SSSR count). The number of nitrogens with one attached hydrogen (secondary N) is 1. The summed E-state index contributed by atoms with van der Waals surface area (Å²) >= 11 is 0. The number of hydrogen-bond acceptors (Lipinski definition) is 3. The van der Waals surface area contributed by atoms with Crippen molar-refractivity contribution in [2.75, 3.05) is 13.2 Å². The molecule has 0 radical (unpaired) electrons. The first-order valence-electron chi connectivity index (χ1n) is 6.23. The van der Waals surface area contributed by atoms with Crippen molar-refractivity contribution in [2.24, 2.45) is 5.41 Å². The maximum atomic E-state index is 13.0. The van der Waals surface area contributed by atoms with Crippen LogP contribution < -0.4 is 5.32 Å². The highest BCUT2D eigenvalue weighted by Crippen LogP contribution is 2.21. The Hall–Kier alpha value is -1.62. The molecule has 0 unspecified atom stereocenters. The van der Waals surface area contributed by atoms with Crippen LogP contribution in [0.4, 0.5) is 4.39 Å². The highest BCUT2D eigenvalue weighted by Gasteiger charge is 2.16. The van der Waals surface area contributed by atoms with Gasteiger partial charge in [-0.3, -0.25) is 4.79 Å². The molecular weight excluding hydrogens is 249 g/mol. The van der Waals surface area contributed by atoms with Crippen LogP contribution in [0.1, 0.15) is 37.0 Å². The molecule has 0 fully saturated rings. The fourth-order valence-electron chi connectivity index (χ4n) is 1.63. The number of benzene rings is 1. The SMILES string of the molecule is CC(C)(CO)CCCNC(=O)c1cc(F)ccc1O. The average molecular weight is 269 g/mol. The van der Waals surface area contributed by atoms with Crippen LogP contribution in [0.25, 0.3) is 0 Å². The molecule has 19 heavy (non-hydrogen) atoms. The van der Waals surface area contributed by atoms with Gasteiger partial charge in [-0.2, -0.15) is 0 Å². The van der Waals surface area contributed by atoms with Gasteiger partial charge in [0, 0.05) is 13.2 Å². The van der Waals surface area contributed by atoms with Crippen molar-refractivity contribution >= 4 is 5.91 Å². The molecule has 0 spiro atoms. The van der Waals surface area contributed by atoms with Crippen molar-refractivity contribution in [3.8, 4) is 5.75 Å². The van der Waals surface area contributed by atoms with Gasteiger partial charge in [0.25, 0.3) is 5.91 Å². The van der Waals surface area contributed by atoms with Crippen molar-refractivity contribution in [1.82, 2.24) is 5.32 Å². The number of halogens is 1. The normalized spacial score (nSPS) is 11.4. The van der Waals surface area contributed by atoms with Gasteiger partial charge in [0.15, 0.2) is 0 Å². The van der Waals surface area contributed by atoms with E-state index in [0.29, 0.717) is 13.0 Å². The first-order chi connectivity index (χ1) is 8.85. The van der Waals surface area contributed by atoms with E-state index >= 15 is 0 Å². The van der Waals surface area contributed by atoms with Gasteiger partial charge in [-0.1, -0.05) is 13.8 Å². The van der Waals surface area contributed by atoms with Crippen LogP contribution in [0.15, 0.2) is 18.2 Å². The zero-order valence-corrected chi connectivity index (χ0v) is 11.2. The Balaban J connectivity index is 2.46. The molecule has 1 aromatic carbocycles. The molecule has 4 nitrogen and oxygen atoms in total. The molecule has 0 heterocycles. The number of rotatable bonds is 6. The topological polar surface area (TPSA) is 69.6 Å². The minimum atomic E-state index is -0.565. The zero-order valence-electron chi connectivity index (χ0n) is 11.2. The Morgan fingerprint density at radius 1 is 1.42 bits per heavy atom. The van der Waals surface area contributed by atoms with Crippen LogP contribution in [0.5, 0.6) is 5.75 Å². The summed E-state index contributed by atoms with van der Waals surface area (Å²) in [5.41, 5.74) is -0.243. The number of carbonyl (C=O) groups excluding carboxylic acids is 1. The first kappa shape index (κ1) is 15.4. The molecule has 0 aromatic heterocycles. The summed E-state index contributed by atoms with van der Waals surface area (Å²) in [6, 6.07) is 3.25. The van der Waals surface area contributed by atoms with Gasteiger partial charge >= 0.3 is 0 Å². The molecule has 106 valence electrons. The molecule has 0 saturated heterocycles. The molecule has 0 aliphatic rings. The summed E-state index contributed by atoms with van der Waals surface area (Å²) in [5.74, 6) is -1.31. The molecule has 5 heteroatoms. The van der Waals surface area contributed by atoms with E-state index in [4.69, 9.17) is 5.11 Å². The maximum Gasteiger partial charge on any atom is 0.255 e. The van der Waals surface area contributed by atoms with Crippen molar-refractivity contribution in [3.63, 3.8) is 0 Å². The third kappa shape index (κ3) is 4.87. The van der Waals surface area contributed by atoms with Gasteiger partial charge in [-0.25, -0.2) is 4.39 Å². The third-order valence-electron chi connectivity index (χ3n) is 2.95. The van der Waals surface area contributed by atoms with E-state index in [1.807, 2.05) is 13.8 Å². The lowest BCUT2D eigenvalue weighted by Gasteiger charge is -2.21. The molecule has 1 amide bonds. The second kappa shape index (κ2) is 6.52. The number of amides is 1. The fraction of sp³-hybridized carbons (Fsp3) is 0.500. The number of aromatic hydroxyl groups is 1. The highest BCUT2D eigenvalue weighted by molar-refractivity contribution is 5.96. The largest absolute Gasteiger partial charge is 0.507 e. The number of hydrogen-bond donors (Lipinski definition) is 3. The van der Waals surface area contributed by atoms with Crippen LogP contribution in [-0.2, 0) is 0 Å². The van der Waals surface area contributed by atoms with Crippen LogP contribution in [0.3, 0.4) is 0 Å². The quantitative estimate of drug-likeness (QED) is 0.692. The predicted molar refractivity (Wildman–Crippen MR) is 70.5 cm³/mol. The van der Waals surface area contributed by atoms with Gasteiger partial charge in [0.2, 0.25) is 0 Å². The van der Waals surface area contributed by atoms with Crippen molar-refractivity contribution < 1.29 is 19.4 Å². The standard InChI is InChI=1S/C14H20FNO3/c1-14(2,9-17)6-3-7-16-13(19)11-8-10(15)4-5-12(11)18/h4-5,8,17-18H,3,6-7,9H2,1-2H3,(H,16,19). The third-order valence-corrected chi connectivity index (χ3v) is 2.95. The Labute approximate surface area is 112 Å². The molecule has 0 aliphatic heterocycles. The minimum Gasteiger partial charge on any atom is -0.507 e. The zero-order chi connectivity index (χ0) is 14.5. The van der Waals surface area contributed by atoms with E-state index in [1.54, 1.807) is 0 Å². The monoisotopic (exact) mass is 269 g/mol. The number of carbonyl (C=O) groups is 1. The lowest BCUT2D eigenvalue weighted by molar-refractivity contribution is 0.0945. The molecule has 0 aliphatic carbocycles. The minimum absolute atomic E-state index is 0.0681. The smallest absolute Gasteiger partial charge is 0.255 e. The van der Waals surface area contributed by atoms with Crippen molar-refractivity contribution in [3.05, 3.63) is 29.6 Å². The fourth-order valence-corrected chi connectivity index (χ4v) is 1.63. The molecule has 1 aromatic rings. The summed E-state index contributed by atoms with van der Waals surface area (Å²) in [6.45, 7) is 4.38. The average Bonchev–Trinajstić information content (AvgIpc) is 2.37. The van der Waals surface area contributed by atoms with E-state index in [0.717, 1.165) is 24.6 Å². The van der Waals surface area contributed by atoms with Crippen LogP contribution in [0, 0.1) is 11.2 Å². The van der Waals surface area contributed by atoms with Gasteiger partial charge in [0.05, 0.1) is 5.56 Å². The van der Waals surface area contributed by atoms with Gasteiger partial charge in [-0.05, 0) is 36.5 Å². The first-order valence-corrected chi connectivity index (χ1v) is 6.23. The van der Waals surface area contributed by atoms with E-state index < -0.39 is 11.7 Å². The molecular formula is C14H20FNO3. The van der Waals surface area contributed by atoms with E-state index in [1.165, 1.54) is 0 Å². The van der Waals surface area contributed by atoms with Gasteiger partial charge in [0.1, 0.15) is 11.6 Å². The highest BCUT2D eigenvalue weighted by atomic mass is 19.1. The predicted octanol–water partition coefficient (Wildman–Crippen LogP) is 2.06. The summed E-state index contributed by atoms with van der Waals surface area (Å²) in [4.78, 5) is 11.7. The van der Waals surface area contributed by atoms with Gasteiger partial charge < -0.3 is 15.5 Å². The summed E-state index contributed by atoms with van der Waals surface area (Å²) in [5, 5.41) is 21.2. The number of phenols is 1. The number of phenolic OH excluding ortho intramolecular Hbond substituents is 1. The second-order valence-electron chi connectivity index (χ2n) is 5.34. The van der Waals surface area contributed by atoms with Crippen LogP contribution in [0.2, 0.25) is 0 Å². The summed E-state index contributed by atoms with van der Waals surface area (Å²) in [7, 11) is 0. The Morgan fingerprint density at radius 2 is 2.11 bits per heavy atom.